The normalized spacial score (nSPS) is 16.6. The molecule has 4 aromatic rings. The molecule has 4 heterocycles. The van der Waals surface area contributed by atoms with Crippen LogP contribution in [-0.2, 0) is 6.18 Å². The van der Waals surface area contributed by atoms with Gasteiger partial charge in [-0.1, -0.05) is 23.7 Å². The van der Waals surface area contributed by atoms with Gasteiger partial charge in [-0.05, 0) is 36.2 Å². The average molecular weight is 478 g/mol. The lowest BCUT2D eigenvalue weighted by Crippen LogP contribution is -2.29. The molecule has 10 heteroatoms. The maximum Gasteiger partial charge on any atom is 0.420 e. The third kappa shape index (κ3) is 3.86. The number of rotatable bonds is 3. The highest BCUT2D eigenvalue weighted by Gasteiger charge is 2.37. The van der Waals surface area contributed by atoms with Crippen molar-refractivity contribution in [3.05, 3.63) is 82.9 Å². The number of likely N-dealkylation sites (tertiary alicyclic amines) is 1. The minimum atomic E-state index is -4.72. The molecule has 1 amide bonds. The van der Waals surface area contributed by atoms with Gasteiger partial charge in [0.1, 0.15) is 11.0 Å². The molecule has 1 unspecified atom stereocenters. The fraction of sp³-hybridized carbons (Fsp3) is 0.217. The van der Waals surface area contributed by atoms with Crippen LogP contribution in [0, 0.1) is 5.82 Å². The summed E-state index contributed by atoms with van der Waals surface area (Å²) in [5.74, 6) is -1.02. The zero-order valence-corrected chi connectivity index (χ0v) is 17.7. The Morgan fingerprint density at radius 2 is 2.00 bits per heavy atom. The van der Waals surface area contributed by atoms with Crippen molar-refractivity contribution in [2.75, 3.05) is 13.1 Å². The van der Waals surface area contributed by atoms with E-state index in [4.69, 9.17) is 16.0 Å². The van der Waals surface area contributed by atoms with Crippen LogP contribution in [0.5, 0.6) is 0 Å². The second-order valence-corrected chi connectivity index (χ2v) is 8.25. The summed E-state index contributed by atoms with van der Waals surface area (Å²) in [4.78, 5) is 18.6. The fourth-order valence-corrected chi connectivity index (χ4v) is 4.43. The fourth-order valence-electron chi connectivity index (χ4n) is 4.18. The lowest BCUT2D eigenvalue weighted by molar-refractivity contribution is -0.136. The lowest BCUT2D eigenvalue weighted by atomic mass is 9.98. The number of nitrogens with zero attached hydrogens (tertiary/aromatic N) is 3. The Morgan fingerprint density at radius 1 is 1.18 bits per heavy atom. The first-order valence-electron chi connectivity index (χ1n) is 10.1. The number of pyridine rings is 1. The van der Waals surface area contributed by atoms with Gasteiger partial charge in [0, 0.05) is 36.3 Å². The molecule has 33 heavy (non-hydrogen) atoms. The largest absolute Gasteiger partial charge is 0.472 e. The molecule has 5 nitrogen and oxygen atoms in total. The number of amides is 1. The first-order valence-corrected chi connectivity index (χ1v) is 10.5. The van der Waals surface area contributed by atoms with Crippen LogP contribution in [0.2, 0.25) is 5.15 Å². The van der Waals surface area contributed by atoms with Gasteiger partial charge in [-0.2, -0.15) is 13.2 Å². The first-order chi connectivity index (χ1) is 15.7. The topological polar surface area (TPSA) is 50.8 Å². The molecular formula is C23H16ClF4N3O2. The van der Waals surface area contributed by atoms with Gasteiger partial charge < -0.3 is 9.32 Å². The molecule has 0 radical (unpaired) electrons. The number of hydrogen-bond donors (Lipinski definition) is 0. The van der Waals surface area contributed by atoms with E-state index in [1.807, 2.05) is 0 Å². The van der Waals surface area contributed by atoms with Crippen LogP contribution < -0.4 is 0 Å². The molecule has 1 aliphatic heterocycles. The van der Waals surface area contributed by atoms with Gasteiger partial charge in [0.15, 0.2) is 11.3 Å². The predicted octanol–water partition coefficient (Wildman–Crippen LogP) is 6.04. The lowest BCUT2D eigenvalue weighted by Gasteiger charge is -2.15. The monoisotopic (exact) mass is 477 g/mol. The van der Waals surface area contributed by atoms with Gasteiger partial charge >= 0.3 is 6.18 Å². The van der Waals surface area contributed by atoms with Crippen LogP contribution in [0.4, 0.5) is 17.6 Å². The summed E-state index contributed by atoms with van der Waals surface area (Å²) >= 11 is 6.37. The van der Waals surface area contributed by atoms with Crippen LogP contribution in [0.15, 0.2) is 59.5 Å². The minimum absolute atomic E-state index is 0.0844. The van der Waals surface area contributed by atoms with Crippen molar-refractivity contribution in [1.82, 2.24) is 14.3 Å². The molecule has 1 saturated heterocycles. The molecule has 0 bridgehead atoms. The maximum atomic E-state index is 13.8. The second-order valence-electron chi connectivity index (χ2n) is 7.89. The van der Waals surface area contributed by atoms with Gasteiger partial charge in [0.2, 0.25) is 0 Å². The first kappa shape index (κ1) is 21.5. The minimum Gasteiger partial charge on any atom is -0.472 e. The molecule has 1 atom stereocenters. The van der Waals surface area contributed by atoms with E-state index in [1.165, 1.54) is 41.8 Å². The van der Waals surface area contributed by atoms with Crippen molar-refractivity contribution >= 4 is 23.2 Å². The Bertz CT molecular complexity index is 1350. The number of carbonyl (C=O) groups excluding carboxylic acids is 1. The van der Waals surface area contributed by atoms with E-state index in [1.54, 1.807) is 12.1 Å². The molecule has 0 spiro atoms. The number of benzene rings is 1. The Morgan fingerprint density at radius 3 is 2.70 bits per heavy atom. The van der Waals surface area contributed by atoms with Crippen molar-refractivity contribution in [3.8, 4) is 11.1 Å². The zero-order chi connectivity index (χ0) is 23.3. The van der Waals surface area contributed by atoms with Crippen LogP contribution >= 0.6 is 11.6 Å². The number of halogens is 5. The zero-order valence-electron chi connectivity index (χ0n) is 16.9. The summed E-state index contributed by atoms with van der Waals surface area (Å²) < 4.78 is 61.0. The Labute approximate surface area is 190 Å². The number of furan rings is 1. The number of imidazole rings is 1. The van der Waals surface area contributed by atoms with Crippen LogP contribution in [0.3, 0.4) is 0 Å². The molecule has 0 N–H and O–H groups in total. The van der Waals surface area contributed by atoms with E-state index < -0.39 is 23.3 Å². The van der Waals surface area contributed by atoms with Crippen molar-refractivity contribution in [2.24, 2.45) is 0 Å². The number of hydrogen-bond acceptors (Lipinski definition) is 3. The third-order valence-corrected chi connectivity index (χ3v) is 6.18. The molecule has 1 aromatic carbocycles. The van der Waals surface area contributed by atoms with Gasteiger partial charge in [-0.3, -0.25) is 9.20 Å². The van der Waals surface area contributed by atoms with E-state index in [0.29, 0.717) is 25.1 Å². The highest BCUT2D eigenvalue weighted by atomic mass is 35.5. The molecule has 5 rings (SSSR count). The predicted molar refractivity (Wildman–Crippen MR) is 113 cm³/mol. The van der Waals surface area contributed by atoms with Gasteiger partial charge in [0.25, 0.3) is 5.91 Å². The van der Waals surface area contributed by atoms with Crippen LogP contribution in [0.1, 0.15) is 34.0 Å². The molecule has 0 saturated carbocycles. The van der Waals surface area contributed by atoms with E-state index in [-0.39, 0.29) is 28.1 Å². The third-order valence-electron chi connectivity index (χ3n) is 5.82. The molecule has 1 fully saturated rings. The number of fused-ring (bicyclic) bond motifs is 1. The molecular weight excluding hydrogens is 462 g/mol. The number of carbonyl (C=O) groups is 1. The number of alkyl halides is 3. The summed E-state index contributed by atoms with van der Waals surface area (Å²) in [5.41, 5.74) is -0.321. The summed E-state index contributed by atoms with van der Waals surface area (Å²) in [6.07, 6.45) is -0.0690. The van der Waals surface area contributed by atoms with Crippen molar-refractivity contribution < 1.29 is 26.8 Å². The summed E-state index contributed by atoms with van der Waals surface area (Å²) in [6, 6.07) is 8.62. The maximum absolute atomic E-state index is 13.8. The molecule has 170 valence electrons. The van der Waals surface area contributed by atoms with E-state index in [9.17, 15) is 22.4 Å². The highest BCUT2D eigenvalue weighted by Crippen LogP contribution is 2.37. The average Bonchev–Trinajstić information content (AvgIpc) is 3.53. The Hall–Kier alpha value is -3.33. The van der Waals surface area contributed by atoms with E-state index in [0.717, 1.165) is 16.0 Å². The Kier molecular flexibility index (Phi) is 5.16. The molecule has 0 aliphatic carbocycles. The summed E-state index contributed by atoms with van der Waals surface area (Å²) in [6.45, 7) is 0.648. The smallest absolute Gasteiger partial charge is 0.420 e. The van der Waals surface area contributed by atoms with Gasteiger partial charge in [-0.15, -0.1) is 0 Å². The van der Waals surface area contributed by atoms with Crippen LogP contribution in [-0.4, -0.2) is 33.3 Å². The van der Waals surface area contributed by atoms with E-state index in [2.05, 4.69) is 4.98 Å². The van der Waals surface area contributed by atoms with Crippen molar-refractivity contribution in [3.63, 3.8) is 0 Å². The quantitative estimate of drug-likeness (QED) is 0.338. The highest BCUT2D eigenvalue weighted by molar-refractivity contribution is 6.33. The summed E-state index contributed by atoms with van der Waals surface area (Å²) in [7, 11) is 0. The molecule has 3 aromatic heterocycles. The number of aromatic nitrogens is 2. The summed E-state index contributed by atoms with van der Waals surface area (Å²) in [5, 5.41) is -0.208. The standard InChI is InChI=1S/C23H16ClF4N3O2/c24-20-19(22(32)30-6-4-14(10-30)13-2-1-3-17(25)8-13)29-21-18(23(26,27)28)9-16(11-31(20)21)15-5-7-33-12-15/h1-3,5,7-9,11-12,14H,4,6,10H2. The Balaban J connectivity index is 1.52. The SMILES string of the molecule is O=C(c1nc2c(C(F)(F)F)cc(-c3ccoc3)cn2c1Cl)N1CCC(c2cccc(F)c2)C1. The van der Waals surface area contributed by atoms with Gasteiger partial charge in [-0.25, -0.2) is 9.37 Å². The van der Waals surface area contributed by atoms with Crippen LogP contribution in [0.25, 0.3) is 16.8 Å². The molecule has 1 aliphatic rings. The second kappa shape index (κ2) is 7.91. The van der Waals surface area contributed by atoms with E-state index >= 15 is 0 Å². The van der Waals surface area contributed by atoms with Crippen molar-refractivity contribution in [2.45, 2.75) is 18.5 Å². The van der Waals surface area contributed by atoms with Gasteiger partial charge in [0.05, 0.1) is 18.1 Å². The van der Waals surface area contributed by atoms with Crippen molar-refractivity contribution in [1.29, 1.82) is 0 Å².